The van der Waals surface area contributed by atoms with Gasteiger partial charge in [0.25, 0.3) is 5.91 Å². The van der Waals surface area contributed by atoms with Gasteiger partial charge in [0.15, 0.2) is 0 Å². The monoisotopic (exact) mass is 425 g/mol. The van der Waals surface area contributed by atoms with E-state index in [1.54, 1.807) is 11.3 Å². The van der Waals surface area contributed by atoms with Crippen LogP contribution in [0.1, 0.15) is 59.4 Å². The highest BCUT2D eigenvalue weighted by Crippen LogP contribution is 2.44. The lowest BCUT2D eigenvalue weighted by atomic mass is 9.81. The molecule has 2 aromatic rings. The number of hydrogen-bond acceptors (Lipinski definition) is 4. The molecule has 1 aromatic carbocycles. The van der Waals surface area contributed by atoms with Crippen LogP contribution in [0.15, 0.2) is 41.8 Å². The second kappa shape index (κ2) is 9.31. The maximum Gasteiger partial charge on any atom is 0.254 e. The molecule has 0 radical (unpaired) electrons. The van der Waals surface area contributed by atoms with E-state index in [9.17, 15) is 9.59 Å². The summed E-state index contributed by atoms with van der Waals surface area (Å²) in [5.74, 6) is -0.0319. The van der Waals surface area contributed by atoms with E-state index in [0.717, 1.165) is 30.1 Å². The molecule has 30 heavy (non-hydrogen) atoms. The Labute approximate surface area is 183 Å². The van der Waals surface area contributed by atoms with Gasteiger partial charge in [-0.25, -0.2) is 0 Å². The van der Waals surface area contributed by atoms with Crippen molar-refractivity contribution in [3.05, 3.63) is 57.8 Å². The summed E-state index contributed by atoms with van der Waals surface area (Å²) in [6.07, 6.45) is 2.49. The Bertz CT molecular complexity index is 874. The molecule has 0 spiro atoms. The zero-order valence-electron chi connectivity index (χ0n) is 17.8. The van der Waals surface area contributed by atoms with E-state index in [1.807, 2.05) is 46.7 Å². The van der Waals surface area contributed by atoms with Crippen LogP contribution in [-0.4, -0.2) is 54.3 Å². The number of fused-ring (bicyclic) bond motifs is 1. The van der Waals surface area contributed by atoms with Crippen LogP contribution >= 0.6 is 11.3 Å². The minimum Gasteiger partial charge on any atom is -0.354 e. The number of benzene rings is 1. The van der Waals surface area contributed by atoms with Crippen molar-refractivity contribution in [1.82, 2.24) is 15.1 Å². The van der Waals surface area contributed by atoms with E-state index >= 15 is 0 Å². The Hall–Kier alpha value is -2.18. The van der Waals surface area contributed by atoms with Crippen LogP contribution in [0.2, 0.25) is 0 Å². The molecule has 2 atom stereocenters. The number of carbonyl (C=O) groups is 2. The van der Waals surface area contributed by atoms with Gasteiger partial charge in [0.2, 0.25) is 5.91 Å². The molecule has 5 nitrogen and oxygen atoms in total. The van der Waals surface area contributed by atoms with Crippen LogP contribution in [0.3, 0.4) is 0 Å². The topological polar surface area (TPSA) is 52.7 Å². The second-order valence-electron chi connectivity index (χ2n) is 8.72. The van der Waals surface area contributed by atoms with Crippen molar-refractivity contribution < 1.29 is 9.59 Å². The summed E-state index contributed by atoms with van der Waals surface area (Å²) in [7, 11) is 0. The van der Waals surface area contributed by atoms with Gasteiger partial charge in [-0.2, -0.15) is 0 Å². The molecule has 0 unspecified atom stereocenters. The normalized spacial score (nSPS) is 21.8. The van der Waals surface area contributed by atoms with Crippen molar-refractivity contribution in [1.29, 1.82) is 0 Å². The molecule has 6 heteroatoms. The Balaban J connectivity index is 1.65. The highest BCUT2D eigenvalue weighted by molar-refractivity contribution is 7.10. The first-order chi connectivity index (χ1) is 14.6. The lowest BCUT2D eigenvalue weighted by Crippen LogP contribution is -2.49. The molecule has 0 bridgehead atoms. The Morgan fingerprint density at radius 2 is 1.93 bits per heavy atom. The summed E-state index contributed by atoms with van der Waals surface area (Å²) in [6.45, 7) is 8.64. The van der Waals surface area contributed by atoms with Crippen molar-refractivity contribution in [2.45, 2.75) is 38.6 Å². The van der Waals surface area contributed by atoms with Crippen molar-refractivity contribution in [3.8, 4) is 0 Å². The molecule has 0 aliphatic carbocycles. The van der Waals surface area contributed by atoms with Crippen molar-refractivity contribution in [2.24, 2.45) is 5.92 Å². The molecule has 1 N–H and O–H groups in total. The third-order valence-corrected chi connectivity index (χ3v) is 6.99. The summed E-state index contributed by atoms with van der Waals surface area (Å²) in [6, 6.07) is 11.4. The van der Waals surface area contributed by atoms with Gasteiger partial charge < -0.3 is 15.1 Å². The summed E-state index contributed by atoms with van der Waals surface area (Å²) >= 11 is 1.62. The molecule has 1 fully saturated rings. The standard InChI is InChI=1S/C24H31N3O2S/c1-17(2)16-27-22(20-10-7-15-30-20)21(18-8-3-4-9-19(18)24(27)29)23(28)25-11-14-26-12-5-6-13-26/h3-4,7-10,15,17,21-22H,5-6,11-14,16H2,1-2H3,(H,25,28)/t21-,22-/m1/s1. The molecular weight excluding hydrogens is 394 g/mol. The molecule has 3 heterocycles. The first-order valence-corrected chi connectivity index (χ1v) is 11.9. The molecule has 160 valence electrons. The Morgan fingerprint density at radius 1 is 1.17 bits per heavy atom. The average molecular weight is 426 g/mol. The third-order valence-electron chi connectivity index (χ3n) is 6.04. The van der Waals surface area contributed by atoms with Gasteiger partial charge in [-0.3, -0.25) is 9.59 Å². The van der Waals surface area contributed by atoms with Gasteiger partial charge in [0.05, 0.1) is 12.0 Å². The SMILES string of the molecule is CC(C)CN1C(=O)c2ccccc2[C@@H](C(=O)NCCN2CCCC2)[C@H]1c1cccs1. The fourth-order valence-corrected chi connectivity index (χ4v) is 5.57. The maximum absolute atomic E-state index is 13.5. The lowest BCUT2D eigenvalue weighted by Gasteiger charge is -2.42. The average Bonchev–Trinajstić information content (AvgIpc) is 3.43. The van der Waals surface area contributed by atoms with Gasteiger partial charge >= 0.3 is 0 Å². The van der Waals surface area contributed by atoms with Crippen molar-refractivity contribution in [2.75, 3.05) is 32.7 Å². The first-order valence-electron chi connectivity index (χ1n) is 11.0. The van der Waals surface area contributed by atoms with Crippen LogP contribution in [0.5, 0.6) is 0 Å². The smallest absolute Gasteiger partial charge is 0.254 e. The highest BCUT2D eigenvalue weighted by atomic mass is 32.1. The van der Waals surface area contributed by atoms with Crippen molar-refractivity contribution >= 4 is 23.2 Å². The van der Waals surface area contributed by atoms with Gasteiger partial charge in [0.1, 0.15) is 0 Å². The molecule has 2 aliphatic rings. The number of rotatable bonds is 7. The number of amides is 2. The summed E-state index contributed by atoms with van der Waals surface area (Å²) < 4.78 is 0. The van der Waals surface area contributed by atoms with E-state index in [4.69, 9.17) is 0 Å². The molecular formula is C24H31N3O2S. The number of thiophene rings is 1. The fraction of sp³-hybridized carbons (Fsp3) is 0.500. The molecule has 0 saturated carbocycles. The van der Waals surface area contributed by atoms with Crippen LogP contribution in [0, 0.1) is 5.92 Å². The molecule has 1 aromatic heterocycles. The first kappa shape index (κ1) is 21.1. The van der Waals surface area contributed by atoms with Gasteiger partial charge in [-0.1, -0.05) is 38.1 Å². The maximum atomic E-state index is 13.5. The van der Waals surface area contributed by atoms with Gasteiger partial charge in [0, 0.05) is 30.1 Å². The minimum atomic E-state index is -0.394. The second-order valence-corrected chi connectivity index (χ2v) is 9.70. The van der Waals surface area contributed by atoms with E-state index in [-0.39, 0.29) is 17.9 Å². The molecule has 4 rings (SSSR count). The van der Waals surface area contributed by atoms with E-state index in [0.29, 0.717) is 24.6 Å². The summed E-state index contributed by atoms with van der Waals surface area (Å²) in [4.78, 5) is 32.3. The van der Waals surface area contributed by atoms with Crippen LogP contribution in [0.4, 0.5) is 0 Å². The van der Waals surface area contributed by atoms with E-state index in [1.165, 1.54) is 12.8 Å². The lowest BCUT2D eigenvalue weighted by molar-refractivity contribution is -0.124. The van der Waals surface area contributed by atoms with Crippen LogP contribution in [0.25, 0.3) is 0 Å². The van der Waals surface area contributed by atoms with Crippen molar-refractivity contribution in [3.63, 3.8) is 0 Å². The van der Waals surface area contributed by atoms with Crippen LogP contribution in [-0.2, 0) is 4.79 Å². The molecule has 1 saturated heterocycles. The number of nitrogens with zero attached hydrogens (tertiary/aromatic N) is 2. The zero-order chi connectivity index (χ0) is 21.1. The summed E-state index contributed by atoms with van der Waals surface area (Å²) in [5, 5.41) is 5.21. The van der Waals surface area contributed by atoms with E-state index < -0.39 is 5.92 Å². The number of hydrogen-bond donors (Lipinski definition) is 1. The largest absolute Gasteiger partial charge is 0.354 e. The fourth-order valence-electron chi connectivity index (χ4n) is 4.70. The van der Waals surface area contributed by atoms with E-state index in [2.05, 4.69) is 24.1 Å². The minimum absolute atomic E-state index is 0.0151. The zero-order valence-corrected chi connectivity index (χ0v) is 18.7. The summed E-state index contributed by atoms with van der Waals surface area (Å²) in [5.41, 5.74) is 1.50. The highest BCUT2D eigenvalue weighted by Gasteiger charge is 2.44. The number of carbonyl (C=O) groups excluding carboxylic acids is 2. The Kier molecular flexibility index (Phi) is 6.54. The number of likely N-dealkylation sites (tertiary alicyclic amines) is 1. The predicted octanol–water partition coefficient (Wildman–Crippen LogP) is 3.90. The van der Waals surface area contributed by atoms with Gasteiger partial charge in [-0.15, -0.1) is 11.3 Å². The van der Waals surface area contributed by atoms with Gasteiger partial charge in [-0.05, 0) is 54.9 Å². The molecule has 2 aliphatic heterocycles. The van der Waals surface area contributed by atoms with Crippen LogP contribution < -0.4 is 5.32 Å². The Morgan fingerprint density at radius 3 is 2.63 bits per heavy atom. The quantitative estimate of drug-likeness (QED) is 0.732. The predicted molar refractivity (Wildman–Crippen MR) is 121 cm³/mol. The molecule has 2 amide bonds. The number of nitrogens with one attached hydrogen (secondary N) is 1. The third kappa shape index (κ3) is 4.30.